The van der Waals surface area contributed by atoms with Crippen LogP contribution in [0.5, 0.6) is 0 Å². The fourth-order valence-electron chi connectivity index (χ4n) is 3.85. The average molecular weight is 381 g/mol. The first kappa shape index (κ1) is 18.4. The van der Waals surface area contributed by atoms with Crippen molar-refractivity contribution in [3.05, 3.63) is 47.8 Å². The number of aromatic nitrogens is 2. The smallest absolute Gasteiger partial charge is 0.229 e. The quantitative estimate of drug-likeness (QED) is 0.754. The molecule has 2 atom stereocenters. The minimum Gasteiger partial charge on any atom is -0.326 e. The molecule has 2 aliphatic rings. The molecular formula is C20H23N5O3. The summed E-state index contributed by atoms with van der Waals surface area (Å²) < 4.78 is 1.75. The van der Waals surface area contributed by atoms with Gasteiger partial charge in [-0.2, -0.15) is 5.10 Å². The number of hydrogen-bond acceptors (Lipinski definition) is 5. The average Bonchev–Trinajstić information content (AvgIpc) is 3.40. The highest BCUT2D eigenvalue weighted by molar-refractivity contribution is 6.01. The first-order valence-corrected chi connectivity index (χ1v) is 9.43. The zero-order valence-corrected chi connectivity index (χ0v) is 15.7. The largest absolute Gasteiger partial charge is 0.326 e. The van der Waals surface area contributed by atoms with E-state index in [0.29, 0.717) is 25.1 Å². The van der Waals surface area contributed by atoms with Crippen LogP contribution in [0.1, 0.15) is 29.9 Å². The van der Waals surface area contributed by atoms with Gasteiger partial charge in [0.25, 0.3) is 0 Å². The highest BCUT2D eigenvalue weighted by Crippen LogP contribution is 2.29. The lowest BCUT2D eigenvalue weighted by molar-refractivity contribution is -0.139. The highest BCUT2D eigenvalue weighted by Gasteiger charge is 2.34. The number of amides is 3. The van der Waals surface area contributed by atoms with Crippen LogP contribution in [0, 0.1) is 5.92 Å². The molecule has 0 saturated carbocycles. The summed E-state index contributed by atoms with van der Waals surface area (Å²) in [6.07, 6.45) is 4.35. The van der Waals surface area contributed by atoms with E-state index in [4.69, 9.17) is 0 Å². The van der Waals surface area contributed by atoms with Crippen molar-refractivity contribution in [1.29, 1.82) is 0 Å². The lowest BCUT2D eigenvalue weighted by Gasteiger charge is -2.17. The van der Waals surface area contributed by atoms with Crippen molar-refractivity contribution in [2.45, 2.75) is 25.3 Å². The van der Waals surface area contributed by atoms with Crippen molar-refractivity contribution < 1.29 is 14.4 Å². The molecule has 0 unspecified atom stereocenters. The molecule has 2 N–H and O–H groups in total. The molecule has 2 fully saturated rings. The van der Waals surface area contributed by atoms with E-state index in [1.165, 1.54) is 4.90 Å². The lowest BCUT2D eigenvalue weighted by Crippen LogP contribution is -2.28. The summed E-state index contributed by atoms with van der Waals surface area (Å²) in [5.74, 6) is -0.351. The molecule has 2 aromatic rings. The molecule has 0 radical (unpaired) electrons. The maximum atomic E-state index is 12.8. The number of hydrogen-bond donors (Lipinski definition) is 2. The summed E-state index contributed by atoms with van der Waals surface area (Å²) in [5, 5.41) is 10.5. The van der Waals surface area contributed by atoms with Gasteiger partial charge < -0.3 is 10.6 Å². The Morgan fingerprint density at radius 3 is 2.54 bits per heavy atom. The maximum absolute atomic E-state index is 12.8. The number of carbonyl (C=O) groups is 3. The van der Waals surface area contributed by atoms with Crippen LogP contribution in [0.4, 0.5) is 5.69 Å². The Bertz CT molecular complexity index is 889. The van der Waals surface area contributed by atoms with Gasteiger partial charge in [0, 0.05) is 50.8 Å². The minimum atomic E-state index is -0.163. The van der Waals surface area contributed by atoms with Gasteiger partial charge in [-0.1, -0.05) is 12.1 Å². The van der Waals surface area contributed by atoms with E-state index in [1.807, 2.05) is 31.6 Å². The Labute approximate surface area is 162 Å². The first-order chi connectivity index (χ1) is 13.5. The monoisotopic (exact) mass is 381 g/mol. The zero-order chi connectivity index (χ0) is 19.7. The number of rotatable bonds is 5. The number of carbonyl (C=O) groups excluding carboxylic acids is 3. The molecule has 28 heavy (non-hydrogen) atoms. The van der Waals surface area contributed by atoms with Crippen LogP contribution in [0.3, 0.4) is 0 Å². The second kappa shape index (κ2) is 7.55. The van der Waals surface area contributed by atoms with Crippen LogP contribution in [-0.2, 0) is 28.0 Å². The minimum absolute atomic E-state index is 0.0310. The number of aryl methyl sites for hydroxylation is 1. The van der Waals surface area contributed by atoms with Gasteiger partial charge in [-0.25, -0.2) is 0 Å². The van der Waals surface area contributed by atoms with Crippen molar-refractivity contribution in [3.8, 4) is 0 Å². The van der Waals surface area contributed by atoms with Crippen molar-refractivity contribution in [3.63, 3.8) is 0 Å². The number of nitrogens with zero attached hydrogens (tertiary/aromatic N) is 3. The van der Waals surface area contributed by atoms with Crippen LogP contribution in [0.15, 0.2) is 36.7 Å². The van der Waals surface area contributed by atoms with Gasteiger partial charge in [-0.3, -0.25) is 24.0 Å². The maximum Gasteiger partial charge on any atom is 0.229 e. The molecule has 0 spiro atoms. The summed E-state index contributed by atoms with van der Waals surface area (Å²) in [6.45, 7) is 1.66. The highest BCUT2D eigenvalue weighted by atomic mass is 16.2. The van der Waals surface area contributed by atoms with Crippen molar-refractivity contribution in [2.75, 3.05) is 18.4 Å². The molecule has 0 aliphatic carbocycles. The van der Waals surface area contributed by atoms with Gasteiger partial charge in [0.1, 0.15) is 0 Å². The van der Waals surface area contributed by atoms with Crippen LogP contribution >= 0.6 is 0 Å². The molecular weight excluding hydrogens is 358 g/mol. The molecule has 8 nitrogen and oxygen atoms in total. The Morgan fingerprint density at radius 1 is 1.18 bits per heavy atom. The lowest BCUT2D eigenvalue weighted by atomic mass is 9.90. The van der Waals surface area contributed by atoms with Crippen molar-refractivity contribution in [2.24, 2.45) is 13.0 Å². The Hall–Kier alpha value is -3.00. The summed E-state index contributed by atoms with van der Waals surface area (Å²) in [7, 11) is 1.87. The van der Waals surface area contributed by atoms with Crippen LogP contribution in [0.25, 0.3) is 0 Å². The van der Waals surface area contributed by atoms with E-state index in [1.54, 1.807) is 16.8 Å². The van der Waals surface area contributed by atoms with Gasteiger partial charge in [0.2, 0.25) is 17.7 Å². The third-order valence-electron chi connectivity index (χ3n) is 5.42. The summed E-state index contributed by atoms with van der Waals surface area (Å²) in [5.41, 5.74) is 2.62. The number of likely N-dealkylation sites (tertiary alicyclic amines) is 1. The van der Waals surface area contributed by atoms with E-state index in [9.17, 15) is 14.4 Å². The van der Waals surface area contributed by atoms with E-state index in [0.717, 1.165) is 17.7 Å². The zero-order valence-electron chi connectivity index (χ0n) is 15.7. The molecule has 1 aromatic heterocycles. The molecule has 3 heterocycles. The second-order valence-corrected chi connectivity index (χ2v) is 7.38. The van der Waals surface area contributed by atoms with E-state index < -0.39 is 0 Å². The van der Waals surface area contributed by atoms with E-state index in [-0.39, 0.29) is 36.1 Å². The number of anilines is 1. The molecule has 2 saturated heterocycles. The van der Waals surface area contributed by atoms with Gasteiger partial charge >= 0.3 is 0 Å². The van der Waals surface area contributed by atoms with Crippen molar-refractivity contribution >= 4 is 23.4 Å². The van der Waals surface area contributed by atoms with Crippen LogP contribution in [0.2, 0.25) is 0 Å². The Morgan fingerprint density at radius 2 is 1.89 bits per heavy atom. The molecule has 1 aromatic carbocycles. The second-order valence-electron chi connectivity index (χ2n) is 7.38. The topological polar surface area (TPSA) is 96.3 Å². The summed E-state index contributed by atoms with van der Waals surface area (Å²) in [4.78, 5) is 37.5. The molecule has 0 bridgehead atoms. The van der Waals surface area contributed by atoms with Gasteiger partial charge in [0.15, 0.2) is 0 Å². The molecule has 4 rings (SSSR count). The third-order valence-corrected chi connectivity index (χ3v) is 5.42. The molecule has 3 amide bonds. The Kier molecular flexibility index (Phi) is 4.95. The van der Waals surface area contributed by atoms with Crippen LogP contribution in [-0.4, -0.2) is 45.5 Å². The normalized spacial score (nSPS) is 22.1. The van der Waals surface area contributed by atoms with Gasteiger partial charge in [-0.05, 0) is 23.3 Å². The molecule has 8 heteroatoms. The number of nitrogens with one attached hydrogen (secondary N) is 2. The standard InChI is InChI=1S/C20H23N5O3/c1-24-12-14(8-22-24)16-9-21-10-17(16)20(28)23-15-4-2-13(3-5-15)11-25-18(26)6-7-19(25)27/h2-5,8,12,16-17,21H,6-7,9-11H2,1H3,(H,23,28)/t16-,17+/m1/s1. The third kappa shape index (κ3) is 3.68. The summed E-state index contributed by atoms with van der Waals surface area (Å²) in [6, 6.07) is 7.28. The SMILES string of the molecule is Cn1cc([C@H]2CNC[C@@H]2C(=O)Nc2ccc(CN3C(=O)CCC3=O)cc2)cn1. The predicted octanol–water partition coefficient (Wildman–Crippen LogP) is 1.01. The first-order valence-electron chi connectivity index (χ1n) is 9.43. The fraction of sp³-hybridized carbons (Fsp3) is 0.400. The van der Waals surface area contributed by atoms with E-state index in [2.05, 4.69) is 15.7 Å². The number of imide groups is 1. The van der Waals surface area contributed by atoms with Crippen LogP contribution < -0.4 is 10.6 Å². The van der Waals surface area contributed by atoms with Crippen molar-refractivity contribution in [1.82, 2.24) is 20.0 Å². The summed E-state index contributed by atoms with van der Waals surface area (Å²) >= 11 is 0. The van der Waals surface area contributed by atoms with Gasteiger partial charge in [-0.15, -0.1) is 0 Å². The van der Waals surface area contributed by atoms with Gasteiger partial charge in [0.05, 0.1) is 18.7 Å². The Balaban J connectivity index is 1.39. The van der Waals surface area contributed by atoms with E-state index >= 15 is 0 Å². The molecule has 146 valence electrons. The fourth-order valence-corrected chi connectivity index (χ4v) is 3.85. The molecule has 2 aliphatic heterocycles. The predicted molar refractivity (Wildman–Crippen MR) is 102 cm³/mol. The number of benzene rings is 1.